The number of aromatic amines is 1. The predicted molar refractivity (Wildman–Crippen MR) is 39.9 cm³/mol. The van der Waals surface area contributed by atoms with Crippen LogP contribution in [0.25, 0.3) is 12.7 Å². The van der Waals surface area contributed by atoms with Crippen LogP contribution in [-0.4, -0.2) is 4.98 Å². The number of hydrogen-bond acceptors (Lipinski definition) is 2. The molecular weight excluding hydrogens is 134 g/mol. The lowest BCUT2D eigenvalue weighted by Gasteiger charge is -1.65. The largest absolute Gasteiger partial charge is 0.313 e. The Morgan fingerprint density at radius 1 is 1.78 bits per heavy atom. The van der Waals surface area contributed by atoms with Crippen molar-refractivity contribution in [3.05, 3.63) is 19.5 Å². The maximum absolute atomic E-state index is 10.6. The topological polar surface area (TPSA) is 32.9 Å². The summed E-state index contributed by atoms with van der Waals surface area (Å²) in [6, 6.07) is 0. The SMILES string of the molecule is C=c1[nH]c(=O)s/c1=C/C. The molecule has 0 amide bonds. The van der Waals surface area contributed by atoms with Crippen molar-refractivity contribution in [1.82, 2.24) is 4.98 Å². The Kier molecular flexibility index (Phi) is 1.53. The molecule has 0 unspecified atom stereocenters. The Bertz CT molecular complexity index is 346. The second kappa shape index (κ2) is 2.19. The molecule has 1 rings (SSSR count). The molecule has 0 saturated heterocycles. The van der Waals surface area contributed by atoms with E-state index in [0.29, 0.717) is 5.35 Å². The third-order valence-corrected chi connectivity index (χ3v) is 2.00. The van der Waals surface area contributed by atoms with Gasteiger partial charge in [-0.25, -0.2) is 0 Å². The monoisotopic (exact) mass is 141 g/mol. The van der Waals surface area contributed by atoms with E-state index < -0.39 is 0 Å². The van der Waals surface area contributed by atoms with E-state index in [-0.39, 0.29) is 4.87 Å². The first kappa shape index (κ1) is 6.29. The number of hydrogen-bond donors (Lipinski definition) is 1. The Hall–Kier alpha value is -0.830. The summed E-state index contributed by atoms with van der Waals surface area (Å²) in [5.74, 6) is 0. The number of nitrogens with one attached hydrogen (secondary N) is 1. The first-order valence-electron chi connectivity index (χ1n) is 2.58. The van der Waals surface area contributed by atoms with Crippen molar-refractivity contribution in [3.8, 4) is 0 Å². The van der Waals surface area contributed by atoms with Crippen LogP contribution in [0.2, 0.25) is 0 Å². The molecule has 1 heterocycles. The van der Waals surface area contributed by atoms with E-state index >= 15 is 0 Å². The fraction of sp³-hybridized carbons (Fsp3) is 0.167. The van der Waals surface area contributed by atoms with E-state index in [0.717, 1.165) is 4.53 Å². The van der Waals surface area contributed by atoms with Crippen LogP contribution in [0.4, 0.5) is 0 Å². The molecule has 2 nitrogen and oxygen atoms in total. The summed E-state index contributed by atoms with van der Waals surface area (Å²) in [6.45, 7) is 5.52. The van der Waals surface area contributed by atoms with Gasteiger partial charge < -0.3 is 4.98 Å². The van der Waals surface area contributed by atoms with Crippen molar-refractivity contribution in [3.63, 3.8) is 0 Å². The molecule has 0 aliphatic heterocycles. The lowest BCUT2D eigenvalue weighted by Crippen LogP contribution is -2.18. The molecule has 48 valence electrons. The van der Waals surface area contributed by atoms with Crippen molar-refractivity contribution in [1.29, 1.82) is 0 Å². The molecule has 1 aromatic rings. The standard InChI is InChI=1S/C6H7NOS/c1-3-5-4(2)7-6(8)9-5/h3H,2H2,1H3,(H,7,8)/b5-3+. The zero-order valence-corrected chi connectivity index (χ0v) is 5.92. The van der Waals surface area contributed by atoms with Gasteiger partial charge in [0.05, 0.1) is 9.88 Å². The van der Waals surface area contributed by atoms with Crippen molar-refractivity contribution in [2.24, 2.45) is 0 Å². The molecule has 0 spiro atoms. The van der Waals surface area contributed by atoms with Gasteiger partial charge in [0.1, 0.15) is 0 Å². The summed E-state index contributed by atoms with van der Waals surface area (Å²) in [6.07, 6.45) is 1.87. The van der Waals surface area contributed by atoms with Gasteiger partial charge in [-0.05, 0) is 6.92 Å². The molecule has 0 aliphatic rings. The highest BCUT2D eigenvalue weighted by Crippen LogP contribution is 1.63. The summed E-state index contributed by atoms with van der Waals surface area (Å²) in [7, 11) is 0. The summed E-state index contributed by atoms with van der Waals surface area (Å²) < 4.78 is 0.931. The van der Waals surface area contributed by atoms with Crippen LogP contribution in [0.15, 0.2) is 4.79 Å². The highest BCUT2D eigenvalue weighted by Gasteiger charge is 1.85. The van der Waals surface area contributed by atoms with E-state index in [9.17, 15) is 4.79 Å². The molecule has 1 aromatic heterocycles. The zero-order chi connectivity index (χ0) is 6.85. The van der Waals surface area contributed by atoms with E-state index in [1.165, 1.54) is 11.3 Å². The molecule has 0 aromatic carbocycles. The molecular formula is C6H7NOS. The minimum absolute atomic E-state index is 0.0342. The van der Waals surface area contributed by atoms with Gasteiger partial charge in [0.25, 0.3) is 0 Å². The molecule has 0 fully saturated rings. The zero-order valence-electron chi connectivity index (χ0n) is 5.10. The first-order valence-corrected chi connectivity index (χ1v) is 3.40. The Labute approximate surface area is 56.2 Å². The molecule has 1 N–H and O–H groups in total. The van der Waals surface area contributed by atoms with E-state index in [2.05, 4.69) is 11.6 Å². The first-order chi connectivity index (χ1) is 4.24. The fourth-order valence-electron chi connectivity index (χ4n) is 0.605. The predicted octanol–water partition coefficient (Wildman–Crippen LogP) is -0.353. The van der Waals surface area contributed by atoms with Gasteiger partial charge >= 0.3 is 4.87 Å². The minimum atomic E-state index is -0.0342. The molecule has 0 bridgehead atoms. The Morgan fingerprint density at radius 2 is 2.44 bits per heavy atom. The summed E-state index contributed by atoms with van der Waals surface area (Å²) >= 11 is 1.19. The van der Waals surface area contributed by atoms with Gasteiger partial charge in [0.15, 0.2) is 0 Å². The Balaban J connectivity index is 3.72. The number of rotatable bonds is 0. The van der Waals surface area contributed by atoms with Gasteiger partial charge in [0.2, 0.25) is 0 Å². The molecule has 0 aliphatic carbocycles. The maximum atomic E-state index is 10.6. The average molecular weight is 141 g/mol. The van der Waals surface area contributed by atoms with Gasteiger partial charge in [-0.3, -0.25) is 4.79 Å². The van der Waals surface area contributed by atoms with Gasteiger partial charge in [0, 0.05) is 0 Å². The molecule has 3 heteroatoms. The van der Waals surface area contributed by atoms with Crippen molar-refractivity contribution >= 4 is 24.0 Å². The van der Waals surface area contributed by atoms with Crippen LogP contribution < -0.4 is 14.8 Å². The lowest BCUT2D eigenvalue weighted by molar-refractivity contribution is 1.27. The highest BCUT2D eigenvalue weighted by atomic mass is 32.1. The number of H-pyrrole nitrogens is 1. The van der Waals surface area contributed by atoms with E-state index in [1.807, 2.05) is 13.0 Å². The van der Waals surface area contributed by atoms with Gasteiger partial charge in [-0.2, -0.15) is 0 Å². The van der Waals surface area contributed by atoms with Crippen molar-refractivity contribution < 1.29 is 0 Å². The highest BCUT2D eigenvalue weighted by molar-refractivity contribution is 7.06. The molecule has 0 saturated carbocycles. The maximum Gasteiger partial charge on any atom is 0.305 e. The van der Waals surface area contributed by atoms with Crippen LogP contribution >= 0.6 is 11.3 Å². The van der Waals surface area contributed by atoms with Gasteiger partial charge in [-0.1, -0.05) is 24.0 Å². The number of thiazole rings is 1. The van der Waals surface area contributed by atoms with Crippen LogP contribution in [0.3, 0.4) is 0 Å². The summed E-state index contributed by atoms with van der Waals surface area (Å²) in [5.41, 5.74) is 0. The van der Waals surface area contributed by atoms with Crippen molar-refractivity contribution in [2.75, 3.05) is 0 Å². The third kappa shape index (κ3) is 1.10. The third-order valence-electron chi connectivity index (χ3n) is 1.02. The molecule has 0 atom stereocenters. The summed E-state index contributed by atoms with van der Waals surface area (Å²) in [5, 5.41) is 0.715. The fourth-order valence-corrected chi connectivity index (χ4v) is 1.27. The molecule has 9 heavy (non-hydrogen) atoms. The van der Waals surface area contributed by atoms with Crippen LogP contribution in [0.5, 0.6) is 0 Å². The summed E-state index contributed by atoms with van der Waals surface area (Å²) in [4.78, 5) is 13.1. The van der Waals surface area contributed by atoms with E-state index in [4.69, 9.17) is 0 Å². The van der Waals surface area contributed by atoms with E-state index in [1.54, 1.807) is 0 Å². The van der Waals surface area contributed by atoms with Crippen LogP contribution in [0, 0.1) is 0 Å². The average Bonchev–Trinajstić information content (AvgIpc) is 2.10. The van der Waals surface area contributed by atoms with Crippen molar-refractivity contribution in [2.45, 2.75) is 6.92 Å². The van der Waals surface area contributed by atoms with Gasteiger partial charge in [-0.15, -0.1) is 0 Å². The number of aromatic nitrogens is 1. The second-order valence-corrected chi connectivity index (χ2v) is 2.66. The second-order valence-electron chi connectivity index (χ2n) is 1.65. The molecule has 0 radical (unpaired) electrons. The smallest absolute Gasteiger partial charge is 0.305 e. The minimum Gasteiger partial charge on any atom is -0.313 e. The normalized spacial score (nSPS) is 12.3. The van der Waals surface area contributed by atoms with Crippen LogP contribution in [0.1, 0.15) is 6.92 Å². The van der Waals surface area contributed by atoms with Crippen LogP contribution in [-0.2, 0) is 0 Å². The quantitative estimate of drug-likeness (QED) is 0.526. The lowest BCUT2D eigenvalue weighted by atomic mass is 10.6. The Morgan fingerprint density at radius 3 is 2.67 bits per heavy atom.